The second-order valence-corrected chi connectivity index (χ2v) is 12.8. The molecule has 1 N–H and O–H groups in total. The highest BCUT2D eigenvalue weighted by atomic mass is 32.1. The Hall–Kier alpha value is -3.32. The maximum Gasteiger partial charge on any atom is 0.349 e. The average Bonchev–Trinajstić information content (AvgIpc) is 3.79. The number of nitrogens with zero attached hydrogens (tertiary/aromatic N) is 4. The van der Waals surface area contributed by atoms with Crippen LogP contribution in [0.15, 0.2) is 35.7 Å². The van der Waals surface area contributed by atoms with Crippen LogP contribution < -0.4 is 9.47 Å². The number of aromatic nitrogens is 3. The Labute approximate surface area is 245 Å². The number of rotatable bonds is 10. The topological polar surface area (TPSA) is 116 Å². The van der Waals surface area contributed by atoms with Crippen LogP contribution in [0.25, 0.3) is 11.0 Å². The summed E-state index contributed by atoms with van der Waals surface area (Å²) in [4.78, 5) is 29.3. The number of thiophene rings is 2. The van der Waals surface area contributed by atoms with Crippen LogP contribution in [0.3, 0.4) is 0 Å². The number of ether oxygens (including phenoxy) is 3. The van der Waals surface area contributed by atoms with Crippen molar-refractivity contribution < 1.29 is 28.9 Å². The molecule has 1 aromatic carbocycles. The van der Waals surface area contributed by atoms with E-state index in [9.17, 15) is 14.7 Å². The molecule has 216 valence electrons. The molecule has 1 aliphatic heterocycles. The molecule has 4 heterocycles. The molecule has 10 nitrogen and oxygen atoms in total. The standard InChI is InChI=1S/C29H32N4O6S2/c1-18-6-11-24(41-18)29(36,23-5-3-14-40-23)28(35)39-21-9-7-20(8-10-21)32(2)12-4-13-33-25-22(30-31-33)15-19(16-34)26-27(25)38-17-37-26/h3,5-6,11,14-16,20-21,36H,4,7-10,12-13,17H2,1-2H3/t20-,21-,29-/m0/s1. The number of aldehydes is 1. The zero-order chi connectivity index (χ0) is 28.6. The molecule has 0 unspecified atom stereocenters. The molecule has 0 saturated heterocycles. The van der Waals surface area contributed by atoms with E-state index in [1.807, 2.05) is 35.2 Å². The number of aryl methyl sites for hydroxylation is 2. The van der Waals surface area contributed by atoms with E-state index in [0.29, 0.717) is 44.9 Å². The zero-order valence-corrected chi connectivity index (χ0v) is 24.6. The van der Waals surface area contributed by atoms with E-state index in [2.05, 4.69) is 22.3 Å². The molecule has 0 spiro atoms. The fourth-order valence-corrected chi connectivity index (χ4v) is 7.56. The summed E-state index contributed by atoms with van der Waals surface area (Å²) in [5.74, 6) is 0.376. The fraction of sp³-hybridized carbons (Fsp3) is 0.448. The Morgan fingerprint density at radius 2 is 2.02 bits per heavy atom. The maximum absolute atomic E-state index is 13.4. The highest BCUT2D eigenvalue weighted by Gasteiger charge is 2.45. The van der Waals surface area contributed by atoms with Crippen molar-refractivity contribution in [2.45, 2.75) is 63.3 Å². The first-order valence-corrected chi connectivity index (χ1v) is 15.4. The summed E-state index contributed by atoms with van der Waals surface area (Å²) in [6.07, 6.45) is 4.69. The first-order chi connectivity index (χ1) is 19.9. The van der Waals surface area contributed by atoms with Crippen LogP contribution in [0.5, 0.6) is 11.5 Å². The van der Waals surface area contributed by atoms with Crippen LogP contribution in [0, 0.1) is 6.92 Å². The summed E-state index contributed by atoms with van der Waals surface area (Å²) in [6.45, 7) is 3.54. The number of fused-ring (bicyclic) bond motifs is 3. The maximum atomic E-state index is 13.4. The summed E-state index contributed by atoms with van der Waals surface area (Å²) in [5.41, 5.74) is -0.0137. The molecular formula is C29H32N4O6S2. The van der Waals surface area contributed by atoms with E-state index in [-0.39, 0.29) is 12.9 Å². The molecule has 3 aromatic heterocycles. The van der Waals surface area contributed by atoms with Gasteiger partial charge < -0.3 is 24.2 Å². The second kappa shape index (κ2) is 11.5. The van der Waals surface area contributed by atoms with Crippen molar-refractivity contribution in [3.8, 4) is 11.5 Å². The van der Waals surface area contributed by atoms with Gasteiger partial charge >= 0.3 is 5.97 Å². The van der Waals surface area contributed by atoms with E-state index < -0.39 is 11.6 Å². The van der Waals surface area contributed by atoms with Crippen molar-refractivity contribution in [2.75, 3.05) is 20.4 Å². The van der Waals surface area contributed by atoms with Crippen LogP contribution in [-0.2, 0) is 21.7 Å². The first-order valence-electron chi connectivity index (χ1n) is 13.7. The van der Waals surface area contributed by atoms with Gasteiger partial charge in [-0.25, -0.2) is 9.48 Å². The van der Waals surface area contributed by atoms with Crippen LogP contribution in [0.2, 0.25) is 0 Å². The van der Waals surface area contributed by atoms with E-state index >= 15 is 0 Å². The van der Waals surface area contributed by atoms with E-state index in [1.54, 1.807) is 12.1 Å². The Balaban J connectivity index is 1.03. The van der Waals surface area contributed by atoms with Gasteiger partial charge in [-0.15, -0.1) is 27.8 Å². The number of esters is 1. The lowest BCUT2D eigenvalue weighted by atomic mass is 9.91. The molecule has 4 aromatic rings. The van der Waals surface area contributed by atoms with Gasteiger partial charge in [-0.05, 0) is 82.3 Å². The van der Waals surface area contributed by atoms with Crippen LogP contribution in [0.1, 0.15) is 57.1 Å². The van der Waals surface area contributed by atoms with Crippen LogP contribution >= 0.6 is 22.7 Å². The summed E-state index contributed by atoms with van der Waals surface area (Å²) in [6, 6.07) is 9.40. The number of aliphatic hydroxyl groups is 1. The number of carbonyl (C=O) groups excluding carboxylic acids is 2. The van der Waals surface area contributed by atoms with Gasteiger partial charge in [0.1, 0.15) is 17.1 Å². The van der Waals surface area contributed by atoms with Gasteiger partial charge in [0.25, 0.3) is 0 Å². The molecule has 1 saturated carbocycles. The first kappa shape index (κ1) is 27.8. The highest BCUT2D eigenvalue weighted by Crippen LogP contribution is 2.41. The lowest BCUT2D eigenvalue weighted by molar-refractivity contribution is -0.169. The van der Waals surface area contributed by atoms with E-state index in [0.717, 1.165) is 55.3 Å². The molecule has 1 atom stereocenters. The molecule has 0 bridgehead atoms. The Morgan fingerprint density at radius 3 is 2.73 bits per heavy atom. The molecule has 0 amide bonds. The smallest absolute Gasteiger partial charge is 0.349 e. The molecule has 41 heavy (non-hydrogen) atoms. The minimum absolute atomic E-state index is 0.0716. The SMILES string of the molecule is Cc1ccc([C@](O)(C(=O)O[C@H]2CC[C@H](N(C)CCCn3nnc4cc(C=O)c5c(c43)OCO5)CC2)c2cccs2)s1. The Kier molecular flexibility index (Phi) is 7.82. The third-order valence-corrected chi connectivity index (χ3v) is 10.1. The number of benzene rings is 1. The van der Waals surface area contributed by atoms with Gasteiger partial charge in [0.2, 0.25) is 12.4 Å². The van der Waals surface area contributed by atoms with E-state index in [1.165, 1.54) is 22.7 Å². The van der Waals surface area contributed by atoms with Crippen molar-refractivity contribution in [3.05, 3.63) is 55.9 Å². The van der Waals surface area contributed by atoms with Gasteiger partial charge in [0.05, 0.1) is 15.3 Å². The lowest BCUT2D eigenvalue weighted by Crippen LogP contribution is -2.42. The van der Waals surface area contributed by atoms with Gasteiger partial charge in [-0.1, -0.05) is 11.3 Å². The summed E-state index contributed by atoms with van der Waals surface area (Å²) < 4.78 is 18.9. The lowest BCUT2D eigenvalue weighted by Gasteiger charge is -2.35. The second-order valence-electron chi connectivity index (χ2n) is 10.6. The largest absolute Gasteiger partial charge is 0.460 e. The van der Waals surface area contributed by atoms with E-state index in [4.69, 9.17) is 14.2 Å². The molecule has 12 heteroatoms. The quantitative estimate of drug-likeness (QED) is 0.208. The zero-order valence-electron chi connectivity index (χ0n) is 22.9. The molecule has 6 rings (SSSR count). The van der Waals surface area contributed by atoms with Crippen molar-refractivity contribution in [3.63, 3.8) is 0 Å². The monoisotopic (exact) mass is 596 g/mol. The molecule has 1 fully saturated rings. The van der Waals surface area contributed by atoms with Gasteiger partial charge in [-0.3, -0.25) is 4.79 Å². The highest BCUT2D eigenvalue weighted by molar-refractivity contribution is 7.13. The number of hydrogen-bond acceptors (Lipinski definition) is 11. The van der Waals surface area contributed by atoms with Gasteiger partial charge in [0.15, 0.2) is 17.8 Å². The molecular weight excluding hydrogens is 564 g/mol. The fourth-order valence-electron chi connectivity index (χ4n) is 5.71. The molecule has 2 aliphatic rings. The predicted octanol–water partition coefficient (Wildman–Crippen LogP) is 4.52. The molecule has 0 radical (unpaired) electrons. The van der Waals surface area contributed by atoms with Crippen molar-refractivity contribution in [1.82, 2.24) is 19.9 Å². The van der Waals surface area contributed by atoms with Crippen LogP contribution in [0.4, 0.5) is 0 Å². The Bertz CT molecular complexity index is 1540. The van der Waals surface area contributed by atoms with Crippen molar-refractivity contribution >= 4 is 46.0 Å². The molecule has 1 aliphatic carbocycles. The Morgan fingerprint density at radius 1 is 1.22 bits per heavy atom. The summed E-state index contributed by atoms with van der Waals surface area (Å²) in [5, 5.41) is 22.0. The normalized spacial score (nSPS) is 19.9. The predicted molar refractivity (Wildman–Crippen MR) is 155 cm³/mol. The minimum Gasteiger partial charge on any atom is -0.460 e. The summed E-state index contributed by atoms with van der Waals surface area (Å²) in [7, 11) is 2.12. The summed E-state index contributed by atoms with van der Waals surface area (Å²) >= 11 is 2.77. The number of carbonyl (C=O) groups is 2. The van der Waals surface area contributed by atoms with Gasteiger partial charge in [0, 0.05) is 17.5 Å². The third-order valence-electron chi connectivity index (χ3n) is 7.96. The van der Waals surface area contributed by atoms with Crippen molar-refractivity contribution in [1.29, 1.82) is 0 Å². The minimum atomic E-state index is -1.78. The average molecular weight is 597 g/mol. The number of hydrogen-bond donors (Lipinski definition) is 1. The van der Waals surface area contributed by atoms with Crippen LogP contribution in [-0.4, -0.2) is 69.8 Å². The van der Waals surface area contributed by atoms with Gasteiger partial charge in [-0.2, -0.15) is 0 Å². The third kappa shape index (κ3) is 5.25. The van der Waals surface area contributed by atoms with Crippen molar-refractivity contribution in [2.24, 2.45) is 0 Å².